The van der Waals surface area contributed by atoms with Crippen molar-refractivity contribution in [2.75, 3.05) is 6.54 Å². The van der Waals surface area contributed by atoms with Crippen molar-refractivity contribution in [3.8, 4) is 0 Å². The second-order valence-electron chi connectivity index (χ2n) is 14.5. The number of nitrogens with zero attached hydrogens (tertiary/aromatic N) is 2. The summed E-state index contributed by atoms with van der Waals surface area (Å²) in [6, 6.07) is -0.700. The summed E-state index contributed by atoms with van der Waals surface area (Å²) in [4.78, 5) is 25.6. The summed E-state index contributed by atoms with van der Waals surface area (Å²) in [5, 5.41) is 20.9. The summed E-state index contributed by atoms with van der Waals surface area (Å²) in [7, 11) is -9.92. The van der Waals surface area contributed by atoms with Crippen LogP contribution >= 0.6 is 0 Å². The van der Waals surface area contributed by atoms with Gasteiger partial charge in [-0.1, -0.05) is 78.6 Å². The summed E-state index contributed by atoms with van der Waals surface area (Å²) in [6.45, 7) is 33.0. The highest BCUT2D eigenvalue weighted by molar-refractivity contribution is 6.90. The Morgan fingerprint density at radius 2 is 1.12 bits per heavy atom. The standard InChI is InChI=1S/C22H54N2O5Si5/c1-30(2,3)23(31(4,5)6)18-22(21(27)28,29-34(13,14)15)17-16-19(20(25)26)24(32(7,8)9)33(10,11)12/h19H,16-18H2,1-15H3,(H,25,26)(H,27,28). The van der Waals surface area contributed by atoms with Crippen LogP contribution in [0.5, 0.6) is 0 Å². The van der Waals surface area contributed by atoms with Gasteiger partial charge in [-0.3, -0.25) is 4.79 Å². The Morgan fingerprint density at radius 1 is 0.735 bits per heavy atom. The first-order valence-electron chi connectivity index (χ1n) is 12.4. The highest BCUT2D eigenvalue weighted by atomic mass is 28.4. The smallest absolute Gasteiger partial charge is 0.336 e. The van der Waals surface area contributed by atoms with Crippen LogP contribution in [0.4, 0.5) is 0 Å². The number of carboxylic acids is 2. The second kappa shape index (κ2) is 11.1. The third-order valence-electron chi connectivity index (χ3n) is 5.79. The Bertz CT molecular complexity index is 690. The molecule has 0 spiro atoms. The van der Waals surface area contributed by atoms with Crippen molar-refractivity contribution in [3.63, 3.8) is 0 Å². The first-order chi connectivity index (χ1) is 14.7. The third kappa shape index (κ3) is 10.1. The van der Waals surface area contributed by atoms with Crippen LogP contribution in [0.3, 0.4) is 0 Å². The molecule has 2 unspecified atom stereocenters. The van der Waals surface area contributed by atoms with Gasteiger partial charge in [0.05, 0.1) is 6.04 Å². The molecule has 0 aromatic carbocycles. The number of hydrogen-bond acceptors (Lipinski definition) is 5. The molecule has 0 amide bonds. The number of hydrogen-bond donors (Lipinski definition) is 2. The lowest BCUT2D eigenvalue weighted by atomic mass is 9.95. The molecule has 0 saturated heterocycles. The van der Waals surface area contributed by atoms with Crippen molar-refractivity contribution in [3.05, 3.63) is 0 Å². The van der Waals surface area contributed by atoms with E-state index in [1.54, 1.807) is 0 Å². The SMILES string of the molecule is C[Si](C)(C)OC(CCC(C(=O)O)N([Si](C)(C)C)[Si](C)(C)C)(CN([Si](C)(C)C)[Si](C)(C)C)C(=O)O. The average molecular weight is 567 g/mol. The summed E-state index contributed by atoms with van der Waals surface area (Å²) in [5.74, 6) is -1.82. The van der Waals surface area contributed by atoms with E-state index < -0.39 is 64.8 Å². The molecular weight excluding hydrogens is 513 g/mol. The largest absolute Gasteiger partial charge is 0.480 e. The zero-order valence-electron chi connectivity index (χ0n) is 24.7. The number of aliphatic carboxylic acids is 2. The molecule has 0 radical (unpaired) electrons. The highest BCUT2D eigenvalue weighted by Gasteiger charge is 2.50. The Labute approximate surface area is 214 Å². The third-order valence-corrected chi connectivity index (χ3v) is 21.9. The van der Waals surface area contributed by atoms with Gasteiger partial charge in [-0.2, -0.15) is 0 Å². The lowest BCUT2D eigenvalue weighted by Gasteiger charge is -2.50. The fraction of sp³-hybridized carbons (Fsp3) is 0.909. The van der Waals surface area contributed by atoms with Gasteiger partial charge in [-0.15, -0.1) is 0 Å². The monoisotopic (exact) mass is 566 g/mol. The Hall–Kier alpha value is -0.0956. The Balaban J connectivity index is 6.64. The molecule has 2 N–H and O–H groups in total. The lowest BCUT2D eigenvalue weighted by molar-refractivity contribution is -0.158. The molecular formula is C22H54N2O5Si5. The quantitative estimate of drug-likeness (QED) is 0.255. The lowest BCUT2D eigenvalue weighted by Crippen LogP contribution is -2.68. The van der Waals surface area contributed by atoms with Crippen molar-refractivity contribution in [1.29, 1.82) is 0 Å². The van der Waals surface area contributed by atoms with Crippen LogP contribution in [0.15, 0.2) is 0 Å². The van der Waals surface area contributed by atoms with Gasteiger partial charge < -0.3 is 23.1 Å². The van der Waals surface area contributed by atoms with E-state index in [1.807, 2.05) is 19.6 Å². The van der Waals surface area contributed by atoms with E-state index >= 15 is 0 Å². The van der Waals surface area contributed by atoms with Gasteiger partial charge in [-0.05, 0) is 32.5 Å². The zero-order chi connectivity index (χ0) is 27.7. The molecule has 0 heterocycles. The van der Waals surface area contributed by atoms with E-state index in [1.165, 1.54) is 0 Å². The molecule has 0 aromatic heterocycles. The second-order valence-corrected chi connectivity index (χ2v) is 39.3. The maximum absolute atomic E-state index is 13.0. The van der Waals surface area contributed by atoms with Gasteiger partial charge in [-0.25, -0.2) is 4.79 Å². The predicted octanol–water partition coefficient (Wildman–Crippen LogP) is 5.84. The molecule has 202 valence electrons. The minimum atomic E-state index is -2.26. The van der Waals surface area contributed by atoms with Crippen LogP contribution in [-0.4, -0.2) is 90.1 Å². The summed E-state index contributed by atoms with van der Waals surface area (Å²) in [6.07, 6.45) is 0.465. The van der Waals surface area contributed by atoms with Gasteiger partial charge in [0.25, 0.3) is 0 Å². The zero-order valence-corrected chi connectivity index (χ0v) is 29.7. The van der Waals surface area contributed by atoms with Crippen LogP contribution < -0.4 is 0 Å². The normalized spacial score (nSPS) is 17.1. The van der Waals surface area contributed by atoms with Gasteiger partial charge >= 0.3 is 11.9 Å². The summed E-state index contributed by atoms with van der Waals surface area (Å²) >= 11 is 0. The van der Waals surface area contributed by atoms with Crippen molar-refractivity contribution in [2.45, 2.75) is 123 Å². The summed E-state index contributed by atoms with van der Waals surface area (Å²) < 4.78 is 11.3. The molecule has 0 aliphatic carbocycles. The fourth-order valence-corrected chi connectivity index (χ4v) is 26.7. The van der Waals surface area contributed by atoms with Crippen molar-refractivity contribution < 1.29 is 24.2 Å². The van der Waals surface area contributed by atoms with Crippen LogP contribution in [-0.2, 0) is 14.0 Å². The molecule has 0 fully saturated rings. The Morgan fingerprint density at radius 3 is 1.35 bits per heavy atom. The molecule has 2 atom stereocenters. The number of carboxylic acid groups (broad SMARTS) is 2. The molecule has 0 aliphatic heterocycles. The minimum absolute atomic E-state index is 0.195. The maximum Gasteiger partial charge on any atom is 0.336 e. The van der Waals surface area contributed by atoms with Gasteiger partial charge in [0, 0.05) is 6.54 Å². The van der Waals surface area contributed by atoms with E-state index in [0.29, 0.717) is 6.54 Å². The van der Waals surface area contributed by atoms with Crippen molar-refractivity contribution in [1.82, 2.24) is 8.46 Å². The maximum atomic E-state index is 13.0. The molecule has 34 heavy (non-hydrogen) atoms. The van der Waals surface area contributed by atoms with Gasteiger partial charge in [0.1, 0.15) is 32.9 Å². The highest BCUT2D eigenvalue weighted by Crippen LogP contribution is 2.33. The van der Waals surface area contributed by atoms with Crippen molar-refractivity contribution >= 4 is 53.2 Å². The average Bonchev–Trinajstić information content (AvgIpc) is 2.49. The molecule has 0 aliphatic rings. The minimum Gasteiger partial charge on any atom is -0.480 e. The van der Waals surface area contributed by atoms with E-state index in [2.05, 4.69) is 87.0 Å². The van der Waals surface area contributed by atoms with Crippen LogP contribution in [0.25, 0.3) is 0 Å². The first kappa shape index (κ1) is 33.9. The van der Waals surface area contributed by atoms with E-state index in [-0.39, 0.29) is 12.8 Å². The van der Waals surface area contributed by atoms with Crippen LogP contribution in [0.1, 0.15) is 12.8 Å². The van der Waals surface area contributed by atoms with Crippen LogP contribution in [0.2, 0.25) is 98.2 Å². The molecule has 7 nitrogen and oxygen atoms in total. The van der Waals surface area contributed by atoms with E-state index in [9.17, 15) is 19.8 Å². The van der Waals surface area contributed by atoms with Crippen LogP contribution in [0, 0.1) is 0 Å². The molecule has 0 aromatic rings. The Kier molecular flexibility index (Phi) is 11.1. The van der Waals surface area contributed by atoms with Gasteiger partial charge in [0.2, 0.25) is 0 Å². The topological polar surface area (TPSA) is 90.3 Å². The van der Waals surface area contributed by atoms with E-state index in [0.717, 1.165) is 0 Å². The molecule has 0 bridgehead atoms. The first-order valence-corrected chi connectivity index (χ1v) is 29.6. The molecule has 0 saturated carbocycles. The fourth-order valence-electron chi connectivity index (χ4n) is 5.38. The van der Waals surface area contributed by atoms with Gasteiger partial charge in [0.15, 0.2) is 13.9 Å². The van der Waals surface area contributed by atoms with Crippen molar-refractivity contribution in [2.24, 2.45) is 0 Å². The molecule has 12 heteroatoms. The molecule has 0 rings (SSSR count). The number of rotatable bonds is 14. The predicted molar refractivity (Wildman–Crippen MR) is 157 cm³/mol. The number of carbonyl (C=O) groups is 2. The van der Waals surface area contributed by atoms with E-state index in [4.69, 9.17) is 4.43 Å². The summed E-state index contributed by atoms with van der Waals surface area (Å²) in [5.41, 5.74) is -1.41.